The van der Waals surface area contributed by atoms with E-state index in [9.17, 15) is 13.2 Å². The summed E-state index contributed by atoms with van der Waals surface area (Å²) in [5, 5.41) is 2.86. The summed E-state index contributed by atoms with van der Waals surface area (Å²) in [5.74, 6) is -0.356. The van der Waals surface area contributed by atoms with Crippen LogP contribution in [-0.4, -0.2) is 35.2 Å². The molecule has 3 rings (SSSR count). The number of carbonyl (C=O) groups excluding carboxylic acids is 1. The van der Waals surface area contributed by atoms with Crippen LogP contribution >= 0.6 is 11.7 Å². The molecule has 2 atom stereocenters. The molecule has 0 saturated carbocycles. The number of fused-ring (bicyclic) bond motifs is 1. The second-order valence-electron chi connectivity index (χ2n) is 6.57. The molecule has 0 saturated heterocycles. The Labute approximate surface area is 168 Å². The van der Waals surface area contributed by atoms with E-state index < -0.39 is 16.1 Å². The van der Waals surface area contributed by atoms with Crippen LogP contribution in [0.1, 0.15) is 25.8 Å². The number of nitrogens with zero attached hydrogens (tertiary/aromatic N) is 2. The van der Waals surface area contributed by atoms with Gasteiger partial charge in [-0.1, -0.05) is 43.3 Å². The van der Waals surface area contributed by atoms with Crippen LogP contribution in [-0.2, 0) is 21.2 Å². The van der Waals surface area contributed by atoms with Crippen molar-refractivity contribution >= 4 is 38.7 Å². The van der Waals surface area contributed by atoms with E-state index in [2.05, 4.69) is 18.8 Å². The quantitative estimate of drug-likeness (QED) is 0.585. The average molecular weight is 419 g/mol. The number of hydrogen-bond donors (Lipinski definition) is 2. The van der Waals surface area contributed by atoms with Crippen molar-refractivity contribution in [1.29, 1.82) is 0 Å². The van der Waals surface area contributed by atoms with Crippen molar-refractivity contribution in [1.82, 2.24) is 18.8 Å². The molecule has 0 aliphatic carbocycles. The van der Waals surface area contributed by atoms with E-state index in [-0.39, 0.29) is 23.3 Å². The van der Waals surface area contributed by atoms with Crippen LogP contribution < -0.4 is 10.0 Å². The van der Waals surface area contributed by atoms with Gasteiger partial charge in [0, 0.05) is 6.04 Å². The van der Waals surface area contributed by atoms with Crippen LogP contribution in [0.5, 0.6) is 0 Å². The Balaban J connectivity index is 1.91. The summed E-state index contributed by atoms with van der Waals surface area (Å²) in [6.45, 7) is 3.84. The molecule has 148 valence electrons. The maximum atomic E-state index is 13.1. The van der Waals surface area contributed by atoms with Crippen LogP contribution in [0, 0.1) is 0 Å². The second kappa shape index (κ2) is 8.76. The van der Waals surface area contributed by atoms with Gasteiger partial charge in [-0.25, -0.2) is 8.42 Å². The van der Waals surface area contributed by atoms with Gasteiger partial charge in [-0.15, -0.1) is 0 Å². The molecule has 0 aliphatic rings. The zero-order valence-electron chi connectivity index (χ0n) is 15.6. The summed E-state index contributed by atoms with van der Waals surface area (Å²) >= 11 is 0.951. The molecule has 0 spiro atoms. The van der Waals surface area contributed by atoms with Crippen LogP contribution in [0.25, 0.3) is 11.0 Å². The molecule has 9 heteroatoms. The first-order chi connectivity index (χ1) is 13.4. The Kier molecular flexibility index (Phi) is 6.38. The lowest BCUT2D eigenvalue weighted by molar-refractivity contribution is -0.123. The first-order valence-electron chi connectivity index (χ1n) is 8.98. The number of aromatic nitrogens is 2. The van der Waals surface area contributed by atoms with E-state index in [1.807, 2.05) is 44.2 Å². The number of carbonyl (C=O) groups is 1. The van der Waals surface area contributed by atoms with Crippen LogP contribution in [0.15, 0.2) is 53.4 Å². The van der Waals surface area contributed by atoms with E-state index in [1.54, 1.807) is 12.1 Å². The van der Waals surface area contributed by atoms with Gasteiger partial charge in [0.05, 0.1) is 11.7 Å². The molecule has 0 fully saturated rings. The number of benzene rings is 2. The van der Waals surface area contributed by atoms with Gasteiger partial charge in [0.15, 0.2) is 0 Å². The van der Waals surface area contributed by atoms with Crippen molar-refractivity contribution in [3.63, 3.8) is 0 Å². The first-order valence-corrected chi connectivity index (χ1v) is 11.2. The van der Waals surface area contributed by atoms with Crippen LogP contribution in [0.3, 0.4) is 0 Å². The third-order valence-electron chi connectivity index (χ3n) is 4.44. The van der Waals surface area contributed by atoms with Gasteiger partial charge in [-0.2, -0.15) is 13.5 Å². The molecular weight excluding hydrogens is 396 g/mol. The van der Waals surface area contributed by atoms with Gasteiger partial charge in [0.25, 0.3) is 0 Å². The highest BCUT2D eigenvalue weighted by molar-refractivity contribution is 7.89. The number of amides is 1. The summed E-state index contributed by atoms with van der Waals surface area (Å²) in [4.78, 5) is 12.8. The number of nitrogens with one attached hydrogen (secondary N) is 2. The zero-order chi connectivity index (χ0) is 20.1. The molecule has 2 unspecified atom stereocenters. The molecule has 1 heterocycles. The number of rotatable bonds is 8. The molecule has 3 aromatic rings. The number of sulfonamides is 1. The third kappa shape index (κ3) is 4.73. The minimum atomic E-state index is -3.97. The van der Waals surface area contributed by atoms with Crippen molar-refractivity contribution < 1.29 is 13.2 Å². The lowest BCUT2D eigenvalue weighted by Crippen LogP contribution is -2.50. The Morgan fingerprint density at radius 1 is 1.11 bits per heavy atom. The third-order valence-corrected chi connectivity index (χ3v) is 6.48. The number of hydrogen-bond acceptors (Lipinski definition) is 6. The molecule has 0 aliphatic heterocycles. The topological polar surface area (TPSA) is 101 Å². The monoisotopic (exact) mass is 418 g/mol. The van der Waals surface area contributed by atoms with Crippen molar-refractivity contribution in [2.45, 2.75) is 43.7 Å². The largest absolute Gasteiger partial charge is 0.352 e. The van der Waals surface area contributed by atoms with Crippen molar-refractivity contribution in [3.05, 3.63) is 54.1 Å². The van der Waals surface area contributed by atoms with E-state index in [0.717, 1.165) is 23.7 Å². The van der Waals surface area contributed by atoms with E-state index in [1.165, 1.54) is 6.07 Å². The van der Waals surface area contributed by atoms with Crippen molar-refractivity contribution in [2.75, 3.05) is 0 Å². The van der Waals surface area contributed by atoms with E-state index in [0.29, 0.717) is 11.0 Å². The fraction of sp³-hybridized carbons (Fsp3) is 0.316. The highest BCUT2D eigenvalue weighted by atomic mass is 32.2. The van der Waals surface area contributed by atoms with Crippen LogP contribution in [0.4, 0.5) is 0 Å². The van der Waals surface area contributed by atoms with Gasteiger partial charge >= 0.3 is 0 Å². The summed E-state index contributed by atoms with van der Waals surface area (Å²) in [7, 11) is -3.97. The van der Waals surface area contributed by atoms with Crippen LogP contribution in [0.2, 0.25) is 0 Å². The molecule has 2 N–H and O–H groups in total. The lowest BCUT2D eigenvalue weighted by Gasteiger charge is -2.21. The fourth-order valence-corrected chi connectivity index (χ4v) is 4.69. The maximum absolute atomic E-state index is 13.1. The molecule has 7 nitrogen and oxygen atoms in total. The minimum Gasteiger partial charge on any atom is -0.352 e. The molecule has 2 aromatic carbocycles. The van der Waals surface area contributed by atoms with Gasteiger partial charge in [0.2, 0.25) is 15.9 Å². The van der Waals surface area contributed by atoms with Gasteiger partial charge in [0.1, 0.15) is 22.0 Å². The van der Waals surface area contributed by atoms with Gasteiger partial charge in [-0.3, -0.25) is 4.79 Å². The maximum Gasteiger partial charge on any atom is 0.243 e. The molecule has 28 heavy (non-hydrogen) atoms. The fourth-order valence-electron chi connectivity index (χ4n) is 2.73. The highest BCUT2D eigenvalue weighted by Crippen LogP contribution is 2.21. The molecule has 1 aromatic heterocycles. The minimum absolute atomic E-state index is 0.0214. The Hall–Kier alpha value is -2.36. The Bertz CT molecular complexity index is 1050. The van der Waals surface area contributed by atoms with Gasteiger partial charge < -0.3 is 5.32 Å². The smallest absolute Gasteiger partial charge is 0.243 e. The summed E-state index contributed by atoms with van der Waals surface area (Å²) in [6.07, 6.45) is 0.994. The summed E-state index contributed by atoms with van der Waals surface area (Å²) < 4.78 is 36.8. The summed E-state index contributed by atoms with van der Waals surface area (Å²) in [5.41, 5.74) is 1.68. The van der Waals surface area contributed by atoms with E-state index >= 15 is 0 Å². The zero-order valence-corrected chi connectivity index (χ0v) is 17.3. The molecule has 0 bridgehead atoms. The van der Waals surface area contributed by atoms with E-state index in [4.69, 9.17) is 0 Å². The normalized spacial score (nSPS) is 13.9. The average Bonchev–Trinajstić information content (AvgIpc) is 3.16. The predicted molar refractivity (Wildman–Crippen MR) is 110 cm³/mol. The summed E-state index contributed by atoms with van der Waals surface area (Å²) in [6, 6.07) is 13.1. The molecule has 0 radical (unpaired) electrons. The predicted octanol–water partition coefficient (Wildman–Crippen LogP) is 2.50. The van der Waals surface area contributed by atoms with Crippen molar-refractivity contribution in [3.8, 4) is 0 Å². The van der Waals surface area contributed by atoms with Gasteiger partial charge in [-0.05, 0) is 37.5 Å². The second-order valence-corrected chi connectivity index (χ2v) is 8.78. The Morgan fingerprint density at radius 2 is 1.86 bits per heavy atom. The lowest BCUT2D eigenvalue weighted by atomic mass is 10.1. The SMILES string of the molecule is CCC(C)NC(=O)C(Cc1ccccc1)NS(=O)(=O)c1cccc2nsnc12. The first kappa shape index (κ1) is 20.4. The molecular formula is C19H22N4O3S2. The Morgan fingerprint density at radius 3 is 2.57 bits per heavy atom. The molecule has 1 amide bonds. The standard InChI is InChI=1S/C19H22N4O3S2/c1-3-13(2)20-19(24)16(12-14-8-5-4-6-9-14)23-28(25,26)17-11-7-10-15-18(17)22-27-21-15/h4-11,13,16,23H,3,12H2,1-2H3,(H,20,24). The highest BCUT2D eigenvalue weighted by Gasteiger charge is 2.28. The van der Waals surface area contributed by atoms with Crippen molar-refractivity contribution in [2.24, 2.45) is 0 Å².